The highest BCUT2D eigenvalue weighted by molar-refractivity contribution is 5.91. The molecule has 3 heterocycles. The molecule has 16 heteroatoms. The highest BCUT2D eigenvalue weighted by Crippen LogP contribution is 2.35. The summed E-state index contributed by atoms with van der Waals surface area (Å²) in [4.78, 5) is 41.4. The molecule has 4 N–H and O–H groups in total. The van der Waals surface area contributed by atoms with Crippen LogP contribution in [0.25, 0.3) is 0 Å². The van der Waals surface area contributed by atoms with Crippen LogP contribution in [0.3, 0.4) is 0 Å². The first kappa shape index (κ1) is 50.3. The minimum Gasteiger partial charge on any atom is -0.512 e. The van der Waals surface area contributed by atoms with Crippen LogP contribution in [0.5, 0.6) is 0 Å². The summed E-state index contributed by atoms with van der Waals surface area (Å²) in [5.74, 6) is -4.65. The molecule has 0 radical (unpaired) electrons. The van der Waals surface area contributed by atoms with Crippen LogP contribution in [-0.4, -0.2) is 158 Å². The van der Waals surface area contributed by atoms with Gasteiger partial charge in [-0.1, -0.05) is 44.6 Å². The number of methoxy groups -OCH3 is 2. The molecule has 3 aliphatic rings. The zero-order valence-electron chi connectivity index (χ0n) is 36.5. The lowest BCUT2D eigenvalue weighted by molar-refractivity contribution is -0.304. The van der Waals surface area contributed by atoms with E-state index in [4.69, 9.17) is 37.9 Å². The maximum Gasteiger partial charge on any atom is 0.334 e. The molecule has 0 unspecified atom stereocenters. The molecule has 16 atom stereocenters. The molecule has 0 bridgehead atoms. The van der Waals surface area contributed by atoms with Crippen molar-refractivity contribution in [3.8, 4) is 0 Å². The van der Waals surface area contributed by atoms with E-state index in [-0.39, 0.29) is 37.6 Å². The van der Waals surface area contributed by atoms with E-state index in [0.29, 0.717) is 12.0 Å². The van der Waals surface area contributed by atoms with E-state index in [1.165, 1.54) is 26.4 Å². The summed E-state index contributed by atoms with van der Waals surface area (Å²) in [7, 11) is 6.35. The predicted octanol–water partition coefficient (Wildman–Crippen LogP) is 3.17. The van der Waals surface area contributed by atoms with Crippen LogP contribution in [-0.2, 0) is 52.3 Å². The second-order valence-electron chi connectivity index (χ2n) is 16.0. The molecule has 3 aliphatic heterocycles. The van der Waals surface area contributed by atoms with Gasteiger partial charge in [-0.25, -0.2) is 9.59 Å². The number of aliphatic hydroxyl groups excluding tert-OH is 4. The van der Waals surface area contributed by atoms with Crippen molar-refractivity contribution in [3.63, 3.8) is 0 Å². The van der Waals surface area contributed by atoms with Gasteiger partial charge >= 0.3 is 11.9 Å². The lowest BCUT2D eigenvalue weighted by Gasteiger charge is -2.46. The Hall–Kier alpha value is -3.03. The molecule has 336 valence electrons. The van der Waals surface area contributed by atoms with Gasteiger partial charge in [0.15, 0.2) is 18.4 Å². The fourth-order valence-corrected chi connectivity index (χ4v) is 7.95. The van der Waals surface area contributed by atoms with Crippen LogP contribution in [0, 0.1) is 23.7 Å². The topological polar surface area (TPSA) is 209 Å². The van der Waals surface area contributed by atoms with Crippen molar-refractivity contribution in [1.29, 1.82) is 0 Å². The van der Waals surface area contributed by atoms with Gasteiger partial charge in [0, 0.05) is 38.0 Å². The van der Waals surface area contributed by atoms with Crippen LogP contribution in [0.15, 0.2) is 47.8 Å². The Morgan fingerprint density at radius 1 is 0.915 bits per heavy atom. The number of ketones is 1. The van der Waals surface area contributed by atoms with E-state index in [9.17, 15) is 34.8 Å². The normalized spacial score (nSPS) is 40.5. The van der Waals surface area contributed by atoms with Gasteiger partial charge < -0.3 is 63.2 Å². The van der Waals surface area contributed by atoms with Gasteiger partial charge in [-0.15, -0.1) is 0 Å². The van der Waals surface area contributed by atoms with Crippen LogP contribution in [0.1, 0.15) is 67.7 Å². The van der Waals surface area contributed by atoms with Crippen molar-refractivity contribution >= 4 is 17.7 Å². The zero-order valence-corrected chi connectivity index (χ0v) is 36.5. The van der Waals surface area contributed by atoms with Gasteiger partial charge in [-0.3, -0.25) is 4.79 Å². The number of hydrogen-bond acceptors (Lipinski definition) is 16. The predicted molar refractivity (Wildman–Crippen MR) is 216 cm³/mol. The number of carbonyl (C=O) groups is 3. The summed E-state index contributed by atoms with van der Waals surface area (Å²) in [6.45, 7) is 12.3. The number of carbonyl (C=O) groups excluding carboxylic acids is 3. The van der Waals surface area contributed by atoms with Gasteiger partial charge in [0.1, 0.15) is 36.3 Å². The molecular weight excluding hydrogens is 770 g/mol. The first-order chi connectivity index (χ1) is 27.9. The van der Waals surface area contributed by atoms with Gasteiger partial charge in [0.2, 0.25) is 0 Å². The van der Waals surface area contributed by atoms with E-state index in [1.54, 1.807) is 65.8 Å². The van der Waals surface area contributed by atoms with Gasteiger partial charge in [-0.2, -0.15) is 0 Å². The molecule has 0 aliphatic carbocycles. The standard InChI is InChI=1S/C43H69NO15/c1-12-32-29(22-55-43-41(53-11)40(52-10)37(50)27(7)57-43)19-23(3)17-18-30(45)24(4)20-28(15-14-16-33(47)54-13-2)39(25(5)31(46)21-34(48)58-32)59-42-38(51)35(44(8)9)36(49)26(6)56-42/h14,16-19,21,24-29,32,35-43,46,49-51H,12-13,15,20,22H2,1-11H3/b16-14+,18-17+,23-19+,31-21-/t24-,25+,26+,27-,28+,29-,32-,35-,36+,37-,38+,39-,40-,41-,42-,43-/m1/s1. The Balaban J connectivity index is 2.07. The monoisotopic (exact) mass is 839 g/mol. The SMILES string of the molecule is CCOC(=O)/C=C/C[C@H]1C[C@@H](C)C(=O)/C=C/C(C)=C/[C@H](CO[C@@H]2O[C@H](C)[C@@H](O)[C@@H](OC)[C@H]2OC)[C@@H](CC)OC(=O)/C=C(\O)[C@H](C)[C@H]1O[C@H]1O[C@@H](C)[C@H](O)[C@@H](N(C)C)[C@@H]1O. The van der Waals surface area contributed by atoms with Gasteiger partial charge in [-0.05, 0) is 73.0 Å². The Kier molecular flexibility index (Phi) is 20.3. The number of hydrogen-bond donors (Lipinski definition) is 4. The van der Waals surface area contributed by atoms with Gasteiger partial charge in [0.25, 0.3) is 0 Å². The fraction of sp³-hybridized carbons (Fsp3) is 0.744. The van der Waals surface area contributed by atoms with E-state index in [1.807, 2.05) is 19.9 Å². The maximum absolute atomic E-state index is 13.8. The Labute approximate surface area is 349 Å². The number of ether oxygens (including phenoxy) is 8. The van der Waals surface area contributed by atoms with Crippen molar-refractivity contribution in [3.05, 3.63) is 47.8 Å². The smallest absolute Gasteiger partial charge is 0.334 e. The van der Waals surface area contributed by atoms with E-state index >= 15 is 0 Å². The van der Waals surface area contributed by atoms with Crippen LogP contribution < -0.4 is 0 Å². The van der Waals surface area contributed by atoms with Crippen molar-refractivity contribution in [1.82, 2.24) is 4.90 Å². The first-order valence-electron chi connectivity index (χ1n) is 20.6. The summed E-state index contributed by atoms with van der Waals surface area (Å²) in [5, 5.41) is 44.6. The molecule has 2 saturated heterocycles. The fourth-order valence-electron chi connectivity index (χ4n) is 7.95. The number of allylic oxidation sites excluding steroid dienone is 4. The van der Waals surface area contributed by atoms with Crippen LogP contribution in [0.2, 0.25) is 0 Å². The molecule has 0 amide bonds. The highest BCUT2D eigenvalue weighted by atomic mass is 16.7. The number of rotatable bonds is 13. The summed E-state index contributed by atoms with van der Waals surface area (Å²) >= 11 is 0. The number of cyclic esters (lactones) is 1. The second kappa shape index (κ2) is 23.8. The average Bonchev–Trinajstić information content (AvgIpc) is 3.18. The molecule has 0 aromatic heterocycles. The average molecular weight is 840 g/mol. The molecule has 3 rings (SSSR count). The molecule has 0 aromatic carbocycles. The molecule has 2 fully saturated rings. The lowest BCUT2D eigenvalue weighted by atomic mass is 9.81. The molecule has 16 nitrogen and oxygen atoms in total. The zero-order chi connectivity index (χ0) is 44.1. The molecule has 0 saturated carbocycles. The number of nitrogens with zero attached hydrogens (tertiary/aromatic N) is 1. The van der Waals surface area contributed by atoms with Gasteiger partial charge in [0.05, 0.1) is 49.7 Å². The van der Waals surface area contributed by atoms with Crippen molar-refractivity contribution in [2.75, 3.05) is 41.5 Å². The van der Waals surface area contributed by atoms with E-state index < -0.39 is 109 Å². The third kappa shape index (κ3) is 13.7. The van der Waals surface area contributed by atoms with Crippen molar-refractivity contribution in [2.24, 2.45) is 23.7 Å². The first-order valence-corrected chi connectivity index (χ1v) is 20.6. The molecule has 0 aromatic rings. The second-order valence-corrected chi connectivity index (χ2v) is 16.0. The third-order valence-corrected chi connectivity index (χ3v) is 11.4. The Morgan fingerprint density at radius 2 is 1.56 bits per heavy atom. The van der Waals surface area contributed by atoms with E-state index in [0.717, 1.165) is 6.08 Å². The quantitative estimate of drug-likeness (QED) is 0.155. The van der Waals surface area contributed by atoms with Crippen molar-refractivity contribution < 1.29 is 72.7 Å². The molecule has 0 spiro atoms. The minimum atomic E-state index is -1.33. The van der Waals surface area contributed by atoms with Crippen molar-refractivity contribution in [2.45, 2.75) is 141 Å². The number of esters is 2. The summed E-state index contributed by atoms with van der Waals surface area (Å²) in [5.41, 5.74) is 0.685. The third-order valence-electron chi connectivity index (χ3n) is 11.4. The van der Waals surface area contributed by atoms with Crippen LogP contribution >= 0.6 is 0 Å². The highest BCUT2D eigenvalue weighted by Gasteiger charge is 2.48. The molecule has 59 heavy (non-hydrogen) atoms. The number of likely N-dealkylation sites (N-methyl/N-ethyl adjacent to an activating group) is 1. The number of aliphatic hydroxyl groups is 4. The maximum atomic E-state index is 13.8. The Bertz CT molecular complexity index is 1480. The summed E-state index contributed by atoms with van der Waals surface area (Å²) in [6.07, 6.45) is -0.607. The molecular formula is C43H69NO15. The Morgan fingerprint density at radius 3 is 2.17 bits per heavy atom. The van der Waals surface area contributed by atoms with E-state index in [2.05, 4.69) is 0 Å². The largest absolute Gasteiger partial charge is 0.512 e. The lowest BCUT2D eigenvalue weighted by Crippen LogP contribution is -2.63. The summed E-state index contributed by atoms with van der Waals surface area (Å²) < 4.78 is 46.9. The van der Waals surface area contributed by atoms with Crippen LogP contribution in [0.4, 0.5) is 0 Å². The minimum absolute atomic E-state index is 0.0150. The summed E-state index contributed by atoms with van der Waals surface area (Å²) in [6, 6.07) is -0.766.